The topological polar surface area (TPSA) is 64.3 Å². The molecule has 0 aromatic heterocycles. The molecule has 0 heterocycles. The zero-order valence-electron chi connectivity index (χ0n) is 9.32. The van der Waals surface area contributed by atoms with Crippen LogP contribution in [0.5, 0.6) is 5.75 Å². The first kappa shape index (κ1) is 12.1. The Labute approximate surface area is 95.1 Å². The summed E-state index contributed by atoms with van der Waals surface area (Å²) < 4.78 is 5.03. The highest BCUT2D eigenvalue weighted by atomic mass is 16.5. The number of methoxy groups -OCH3 is 1. The molecule has 0 saturated heterocycles. The number of amides is 1. The lowest BCUT2D eigenvalue weighted by molar-refractivity contribution is 0.0955. The Kier molecular flexibility index (Phi) is 4.39. The van der Waals surface area contributed by atoms with Crippen LogP contribution < -0.4 is 15.8 Å². The van der Waals surface area contributed by atoms with Crippen molar-refractivity contribution in [1.29, 1.82) is 0 Å². The molecule has 1 rings (SSSR count). The first-order valence-electron chi connectivity index (χ1n) is 5.01. The summed E-state index contributed by atoms with van der Waals surface area (Å²) in [7, 11) is 1.55. The third-order valence-corrected chi connectivity index (χ3v) is 2.14. The zero-order valence-corrected chi connectivity index (χ0v) is 9.32. The molecule has 86 valence electrons. The van der Waals surface area contributed by atoms with Gasteiger partial charge in [-0.3, -0.25) is 4.79 Å². The maximum absolute atomic E-state index is 11.7. The summed E-state index contributed by atoms with van der Waals surface area (Å²) in [5, 5.41) is 2.75. The van der Waals surface area contributed by atoms with Gasteiger partial charge in [0.1, 0.15) is 5.75 Å². The maximum atomic E-state index is 11.7. The van der Waals surface area contributed by atoms with Crippen molar-refractivity contribution < 1.29 is 9.53 Å². The van der Waals surface area contributed by atoms with E-state index >= 15 is 0 Å². The Morgan fingerprint density at radius 2 is 2.38 bits per heavy atom. The normalized spacial score (nSPS) is 9.56. The van der Waals surface area contributed by atoms with Crippen LogP contribution in [0.3, 0.4) is 0 Å². The van der Waals surface area contributed by atoms with Crippen molar-refractivity contribution in [1.82, 2.24) is 5.32 Å². The second kappa shape index (κ2) is 5.80. The summed E-state index contributed by atoms with van der Waals surface area (Å²) in [6.07, 6.45) is 2.48. The van der Waals surface area contributed by atoms with Gasteiger partial charge in [-0.25, -0.2) is 0 Å². The Hall–Kier alpha value is -1.97. The SMILES string of the molecule is C=CCCNC(=O)c1cc(OC)ccc1N. The van der Waals surface area contributed by atoms with Crippen LogP contribution >= 0.6 is 0 Å². The van der Waals surface area contributed by atoms with Crippen molar-refractivity contribution in [2.75, 3.05) is 19.4 Å². The fourth-order valence-electron chi connectivity index (χ4n) is 1.24. The molecular formula is C12H16N2O2. The number of anilines is 1. The van der Waals surface area contributed by atoms with E-state index in [2.05, 4.69) is 11.9 Å². The summed E-state index contributed by atoms with van der Waals surface area (Å²) in [5.41, 5.74) is 6.59. The minimum atomic E-state index is -0.196. The molecule has 0 spiro atoms. The molecule has 0 fully saturated rings. The summed E-state index contributed by atoms with van der Waals surface area (Å²) in [6.45, 7) is 4.13. The molecule has 0 saturated carbocycles. The van der Waals surface area contributed by atoms with Crippen LogP contribution in [0.1, 0.15) is 16.8 Å². The van der Waals surface area contributed by atoms with Crippen molar-refractivity contribution >= 4 is 11.6 Å². The van der Waals surface area contributed by atoms with Crippen LogP contribution in [-0.2, 0) is 0 Å². The van der Waals surface area contributed by atoms with Gasteiger partial charge in [0.2, 0.25) is 0 Å². The predicted molar refractivity (Wildman–Crippen MR) is 64.6 cm³/mol. The number of carbonyl (C=O) groups is 1. The lowest BCUT2D eigenvalue weighted by Gasteiger charge is -2.08. The fourth-order valence-corrected chi connectivity index (χ4v) is 1.24. The summed E-state index contributed by atoms with van der Waals surface area (Å²) in [4.78, 5) is 11.7. The van der Waals surface area contributed by atoms with Crippen LogP contribution in [0.2, 0.25) is 0 Å². The Morgan fingerprint density at radius 3 is 3.00 bits per heavy atom. The zero-order chi connectivity index (χ0) is 12.0. The summed E-state index contributed by atoms with van der Waals surface area (Å²) in [6, 6.07) is 5.00. The molecule has 1 aromatic carbocycles. The number of carbonyl (C=O) groups excluding carboxylic acids is 1. The first-order valence-corrected chi connectivity index (χ1v) is 5.01. The third-order valence-electron chi connectivity index (χ3n) is 2.14. The first-order chi connectivity index (χ1) is 7.69. The molecule has 1 aromatic rings. The number of rotatable bonds is 5. The van der Waals surface area contributed by atoms with Gasteiger partial charge < -0.3 is 15.8 Å². The number of benzene rings is 1. The van der Waals surface area contributed by atoms with Crippen molar-refractivity contribution in [2.24, 2.45) is 0 Å². The van der Waals surface area contributed by atoms with Gasteiger partial charge in [-0.05, 0) is 24.6 Å². The van der Waals surface area contributed by atoms with Gasteiger partial charge in [-0.2, -0.15) is 0 Å². The van der Waals surface area contributed by atoms with E-state index in [-0.39, 0.29) is 5.91 Å². The van der Waals surface area contributed by atoms with Crippen LogP contribution in [0.4, 0.5) is 5.69 Å². The molecule has 0 atom stereocenters. The van der Waals surface area contributed by atoms with E-state index in [0.29, 0.717) is 23.5 Å². The lowest BCUT2D eigenvalue weighted by Crippen LogP contribution is -2.25. The second-order valence-electron chi connectivity index (χ2n) is 3.29. The number of hydrogen-bond acceptors (Lipinski definition) is 3. The molecule has 4 heteroatoms. The van der Waals surface area contributed by atoms with Gasteiger partial charge in [0.05, 0.1) is 12.7 Å². The standard InChI is InChI=1S/C12H16N2O2/c1-3-4-7-14-12(15)10-8-9(16-2)5-6-11(10)13/h3,5-6,8H,1,4,7,13H2,2H3,(H,14,15). The molecule has 0 unspecified atom stereocenters. The molecule has 4 nitrogen and oxygen atoms in total. The molecule has 3 N–H and O–H groups in total. The van der Waals surface area contributed by atoms with E-state index in [1.807, 2.05) is 0 Å². The lowest BCUT2D eigenvalue weighted by atomic mass is 10.1. The maximum Gasteiger partial charge on any atom is 0.253 e. The largest absolute Gasteiger partial charge is 0.497 e. The molecule has 1 amide bonds. The highest BCUT2D eigenvalue weighted by Gasteiger charge is 2.09. The highest BCUT2D eigenvalue weighted by molar-refractivity contribution is 5.99. The van der Waals surface area contributed by atoms with E-state index < -0.39 is 0 Å². The number of nitrogens with one attached hydrogen (secondary N) is 1. The van der Waals surface area contributed by atoms with Gasteiger partial charge in [-0.15, -0.1) is 6.58 Å². The van der Waals surface area contributed by atoms with Gasteiger partial charge in [0, 0.05) is 12.2 Å². The monoisotopic (exact) mass is 220 g/mol. The quantitative estimate of drug-likeness (QED) is 0.450. The Bertz CT molecular complexity index is 389. The Balaban J connectivity index is 2.77. The minimum absolute atomic E-state index is 0.196. The predicted octanol–water partition coefficient (Wildman–Crippen LogP) is 1.58. The third kappa shape index (κ3) is 3.02. The highest BCUT2D eigenvalue weighted by Crippen LogP contribution is 2.19. The van der Waals surface area contributed by atoms with Gasteiger partial charge in [-0.1, -0.05) is 6.08 Å². The second-order valence-corrected chi connectivity index (χ2v) is 3.29. The van der Waals surface area contributed by atoms with Crippen molar-refractivity contribution in [3.05, 3.63) is 36.4 Å². The average molecular weight is 220 g/mol. The van der Waals surface area contributed by atoms with Gasteiger partial charge in [0.15, 0.2) is 0 Å². The van der Waals surface area contributed by atoms with Crippen LogP contribution in [0, 0.1) is 0 Å². The molecular weight excluding hydrogens is 204 g/mol. The smallest absolute Gasteiger partial charge is 0.253 e. The minimum Gasteiger partial charge on any atom is -0.497 e. The number of hydrogen-bond donors (Lipinski definition) is 2. The van der Waals surface area contributed by atoms with E-state index in [1.54, 1.807) is 31.4 Å². The van der Waals surface area contributed by atoms with E-state index in [4.69, 9.17) is 10.5 Å². The van der Waals surface area contributed by atoms with Crippen LogP contribution in [-0.4, -0.2) is 19.6 Å². The number of nitrogens with two attached hydrogens (primary N) is 1. The van der Waals surface area contributed by atoms with Crippen LogP contribution in [0.15, 0.2) is 30.9 Å². The molecule has 0 radical (unpaired) electrons. The van der Waals surface area contributed by atoms with Crippen LogP contribution in [0.25, 0.3) is 0 Å². The van der Waals surface area contributed by atoms with Crippen molar-refractivity contribution in [2.45, 2.75) is 6.42 Å². The molecule has 0 aliphatic heterocycles. The molecule has 16 heavy (non-hydrogen) atoms. The Morgan fingerprint density at radius 1 is 1.62 bits per heavy atom. The molecule has 0 aliphatic carbocycles. The molecule has 0 aliphatic rings. The summed E-state index contributed by atoms with van der Waals surface area (Å²) in [5.74, 6) is 0.418. The van der Waals surface area contributed by atoms with E-state index in [9.17, 15) is 4.79 Å². The average Bonchev–Trinajstić information content (AvgIpc) is 2.30. The number of ether oxygens (including phenoxy) is 1. The molecule has 0 bridgehead atoms. The van der Waals surface area contributed by atoms with E-state index in [0.717, 1.165) is 6.42 Å². The van der Waals surface area contributed by atoms with Crippen molar-refractivity contribution in [3.63, 3.8) is 0 Å². The van der Waals surface area contributed by atoms with Gasteiger partial charge >= 0.3 is 0 Å². The fraction of sp³-hybridized carbons (Fsp3) is 0.250. The van der Waals surface area contributed by atoms with Gasteiger partial charge in [0.25, 0.3) is 5.91 Å². The number of nitrogen functional groups attached to an aromatic ring is 1. The van der Waals surface area contributed by atoms with E-state index in [1.165, 1.54) is 0 Å². The summed E-state index contributed by atoms with van der Waals surface area (Å²) >= 11 is 0. The van der Waals surface area contributed by atoms with Crippen molar-refractivity contribution in [3.8, 4) is 5.75 Å².